The zero-order valence-electron chi connectivity index (χ0n) is 12.2. The van der Waals surface area contributed by atoms with Gasteiger partial charge in [0.15, 0.2) is 0 Å². The fourth-order valence-electron chi connectivity index (χ4n) is 2.83. The highest BCUT2D eigenvalue weighted by atomic mass is 16.5. The number of likely N-dealkylation sites (tertiary alicyclic amines) is 1. The molecule has 1 saturated heterocycles. The molecule has 1 aromatic carbocycles. The molecule has 19 heavy (non-hydrogen) atoms. The minimum Gasteiger partial charge on any atom is -0.496 e. The van der Waals surface area contributed by atoms with Gasteiger partial charge in [-0.25, -0.2) is 0 Å². The molecule has 0 aliphatic carbocycles. The predicted octanol–water partition coefficient (Wildman–Crippen LogP) is 2.66. The first-order chi connectivity index (χ1) is 9.35. The van der Waals surface area contributed by atoms with Gasteiger partial charge in [-0.15, -0.1) is 0 Å². The van der Waals surface area contributed by atoms with E-state index in [1.807, 2.05) is 6.07 Å². The largest absolute Gasteiger partial charge is 0.496 e. The number of hydrogen-bond acceptors (Lipinski definition) is 3. The molecule has 0 radical (unpaired) electrons. The first kappa shape index (κ1) is 14.4. The van der Waals surface area contributed by atoms with E-state index in [9.17, 15) is 0 Å². The van der Waals surface area contributed by atoms with E-state index < -0.39 is 0 Å². The van der Waals surface area contributed by atoms with Crippen LogP contribution in [0.25, 0.3) is 0 Å². The molecule has 1 heterocycles. The molecule has 0 amide bonds. The molecule has 1 N–H and O–H groups in total. The summed E-state index contributed by atoms with van der Waals surface area (Å²) >= 11 is 0. The van der Waals surface area contributed by atoms with Crippen molar-refractivity contribution in [3.8, 4) is 5.75 Å². The zero-order valence-corrected chi connectivity index (χ0v) is 12.2. The first-order valence-corrected chi connectivity index (χ1v) is 7.41. The van der Waals surface area contributed by atoms with Crippen molar-refractivity contribution in [2.24, 2.45) is 0 Å². The Morgan fingerprint density at radius 3 is 3.00 bits per heavy atom. The smallest absolute Gasteiger partial charge is 0.123 e. The molecule has 0 saturated carbocycles. The molecular weight excluding hydrogens is 236 g/mol. The summed E-state index contributed by atoms with van der Waals surface area (Å²) in [7, 11) is 1.75. The number of hydrogen-bond donors (Lipinski definition) is 1. The SMILES string of the molecule is CCCNCC1CCCN1Cc1ccccc1OC. The average molecular weight is 262 g/mol. The number of nitrogens with zero attached hydrogens (tertiary/aromatic N) is 1. The van der Waals surface area contributed by atoms with E-state index in [4.69, 9.17) is 4.74 Å². The summed E-state index contributed by atoms with van der Waals surface area (Å²) in [6.07, 6.45) is 3.83. The van der Waals surface area contributed by atoms with Gasteiger partial charge in [0.2, 0.25) is 0 Å². The summed E-state index contributed by atoms with van der Waals surface area (Å²) < 4.78 is 5.45. The molecule has 1 aliphatic heterocycles. The maximum absolute atomic E-state index is 5.45. The maximum atomic E-state index is 5.45. The first-order valence-electron chi connectivity index (χ1n) is 7.41. The van der Waals surface area contributed by atoms with Crippen molar-refractivity contribution in [2.45, 2.75) is 38.8 Å². The van der Waals surface area contributed by atoms with E-state index in [1.165, 1.54) is 31.4 Å². The van der Waals surface area contributed by atoms with Crippen LogP contribution >= 0.6 is 0 Å². The van der Waals surface area contributed by atoms with Crippen LogP contribution in [0, 0.1) is 0 Å². The van der Waals surface area contributed by atoms with Gasteiger partial charge in [-0.05, 0) is 38.4 Å². The molecule has 1 unspecified atom stereocenters. The summed E-state index contributed by atoms with van der Waals surface area (Å²) in [5.74, 6) is 1.01. The maximum Gasteiger partial charge on any atom is 0.123 e. The number of para-hydroxylation sites is 1. The van der Waals surface area contributed by atoms with Crippen LogP contribution in [0.3, 0.4) is 0 Å². The fourth-order valence-corrected chi connectivity index (χ4v) is 2.83. The second-order valence-electron chi connectivity index (χ2n) is 5.28. The highest BCUT2D eigenvalue weighted by molar-refractivity contribution is 5.33. The van der Waals surface area contributed by atoms with Gasteiger partial charge in [-0.2, -0.15) is 0 Å². The average Bonchev–Trinajstić information content (AvgIpc) is 2.87. The van der Waals surface area contributed by atoms with Crippen molar-refractivity contribution in [2.75, 3.05) is 26.7 Å². The second kappa shape index (κ2) is 7.51. The van der Waals surface area contributed by atoms with Crippen LogP contribution < -0.4 is 10.1 Å². The van der Waals surface area contributed by atoms with E-state index in [2.05, 4.69) is 35.3 Å². The molecule has 0 aromatic heterocycles. The number of methoxy groups -OCH3 is 1. The van der Waals surface area contributed by atoms with E-state index in [1.54, 1.807) is 7.11 Å². The van der Waals surface area contributed by atoms with E-state index in [-0.39, 0.29) is 0 Å². The van der Waals surface area contributed by atoms with Crippen molar-refractivity contribution in [3.63, 3.8) is 0 Å². The lowest BCUT2D eigenvalue weighted by molar-refractivity contribution is 0.236. The van der Waals surface area contributed by atoms with Gasteiger partial charge in [0.05, 0.1) is 7.11 Å². The molecule has 2 rings (SSSR count). The van der Waals surface area contributed by atoms with Crippen molar-refractivity contribution < 1.29 is 4.74 Å². The van der Waals surface area contributed by atoms with Crippen LogP contribution in [0.5, 0.6) is 5.75 Å². The van der Waals surface area contributed by atoms with Gasteiger partial charge >= 0.3 is 0 Å². The van der Waals surface area contributed by atoms with Crippen molar-refractivity contribution in [1.29, 1.82) is 0 Å². The summed E-state index contributed by atoms with van der Waals surface area (Å²) in [4.78, 5) is 2.58. The Morgan fingerprint density at radius 2 is 2.21 bits per heavy atom. The van der Waals surface area contributed by atoms with Gasteiger partial charge in [-0.1, -0.05) is 25.1 Å². The van der Waals surface area contributed by atoms with Crippen LogP contribution in [0.1, 0.15) is 31.7 Å². The number of ether oxygens (including phenoxy) is 1. The van der Waals surface area contributed by atoms with Crippen molar-refractivity contribution in [1.82, 2.24) is 10.2 Å². The topological polar surface area (TPSA) is 24.5 Å². The molecular formula is C16H26N2O. The van der Waals surface area contributed by atoms with Crippen LogP contribution in [-0.2, 0) is 6.54 Å². The monoisotopic (exact) mass is 262 g/mol. The molecule has 106 valence electrons. The fraction of sp³-hybridized carbons (Fsp3) is 0.625. The Morgan fingerprint density at radius 1 is 1.37 bits per heavy atom. The van der Waals surface area contributed by atoms with Crippen LogP contribution in [0.15, 0.2) is 24.3 Å². The van der Waals surface area contributed by atoms with Gasteiger partial charge in [0.1, 0.15) is 5.75 Å². The van der Waals surface area contributed by atoms with Gasteiger partial charge in [-0.3, -0.25) is 4.90 Å². The lowest BCUT2D eigenvalue weighted by Crippen LogP contribution is -2.37. The summed E-state index contributed by atoms with van der Waals surface area (Å²) in [5.41, 5.74) is 1.30. The third-order valence-electron chi connectivity index (χ3n) is 3.87. The van der Waals surface area contributed by atoms with Crippen LogP contribution in [0.4, 0.5) is 0 Å². The molecule has 3 nitrogen and oxygen atoms in total. The van der Waals surface area contributed by atoms with E-state index in [0.717, 1.165) is 25.4 Å². The Balaban J connectivity index is 1.93. The highest BCUT2D eigenvalue weighted by Gasteiger charge is 2.24. The second-order valence-corrected chi connectivity index (χ2v) is 5.28. The quantitative estimate of drug-likeness (QED) is 0.765. The number of nitrogens with one attached hydrogen (secondary N) is 1. The van der Waals surface area contributed by atoms with E-state index in [0.29, 0.717) is 6.04 Å². The lowest BCUT2D eigenvalue weighted by Gasteiger charge is -2.25. The normalized spacial score (nSPS) is 19.8. The van der Waals surface area contributed by atoms with E-state index >= 15 is 0 Å². The number of benzene rings is 1. The van der Waals surface area contributed by atoms with Gasteiger partial charge in [0, 0.05) is 24.7 Å². The summed E-state index contributed by atoms with van der Waals surface area (Å²) in [5, 5.41) is 3.55. The van der Waals surface area contributed by atoms with Gasteiger partial charge < -0.3 is 10.1 Å². The molecule has 1 atom stereocenters. The minimum atomic E-state index is 0.677. The van der Waals surface area contributed by atoms with Crippen LogP contribution in [-0.4, -0.2) is 37.7 Å². The Bertz CT molecular complexity index is 381. The lowest BCUT2D eigenvalue weighted by atomic mass is 10.1. The van der Waals surface area contributed by atoms with Gasteiger partial charge in [0.25, 0.3) is 0 Å². The van der Waals surface area contributed by atoms with Crippen molar-refractivity contribution >= 4 is 0 Å². The molecule has 0 bridgehead atoms. The Kier molecular flexibility index (Phi) is 5.67. The highest BCUT2D eigenvalue weighted by Crippen LogP contribution is 2.24. The minimum absolute atomic E-state index is 0.677. The summed E-state index contributed by atoms with van der Waals surface area (Å²) in [6.45, 7) is 6.66. The third-order valence-corrected chi connectivity index (χ3v) is 3.87. The standard InChI is InChI=1S/C16H26N2O/c1-3-10-17-12-15-8-6-11-18(15)13-14-7-4-5-9-16(14)19-2/h4-5,7,9,15,17H,3,6,8,10-13H2,1-2H3. The Hall–Kier alpha value is -1.06. The Labute approximate surface area is 116 Å². The van der Waals surface area contributed by atoms with Crippen LogP contribution in [0.2, 0.25) is 0 Å². The molecule has 1 aliphatic rings. The molecule has 1 aromatic rings. The molecule has 0 spiro atoms. The van der Waals surface area contributed by atoms with Crippen molar-refractivity contribution in [3.05, 3.63) is 29.8 Å². The predicted molar refractivity (Wildman–Crippen MR) is 79.6 cm³/mol. The molecule has 3 heteroatoms. The summed E-state index contributed by atoms with van der Waals surface area (Å²) in [6, 6.07) is 9.03. The number of rotatable bonds is 7. The zero-order chi connectivity index (χ0) is 13.5. The third kappa shape index (κ3) is 3.95. The molecule has 1 fully saturated rings.